The SMILES string of the molecule is O=[N+]([O-])c1cc(S)cc2sc(F)cc12. The lowest BCUT2D eigenvalue weighted by Crippen LogP contribution is -1.87. The van der Waals surface area contributed by atoms with Crippen molar-refractivity contribution in [1.29, 1.82) is 0 Å². The number of rotatable bonds is 1. The molecule has 3 nitrogen and oxygen atoms in total. The second-order valence-corrected chi connectivity index (χ2v) is 4.23. The molecule has 0 fully saturated rings. The van der Waals surface area contributed by atoms with Crippen LogP contribution in [0.3, 0.4) is 0 Å². The van der Waals surface area contributed by atoms with Gasteiger partial charge in [0.25, 0.3) is 5.69 Å². The van der Waals surface area contributed by atoms with Gasteiger partial charge in [-0.15, -0.1) is 24.0 Å². The molecule has 0 amide bonds. The molecule has 1 aromatic carbocycles. The quantitative estimate of drug-likeness (QED) is 0.463. The van der Waals surface area contributed by atoms with Gasteiger partial charge in [0.2, 0.25) is 0 Å². The summed E-state index contributed by atoms with van der Waals surface area (Å²) in [6.07, 6.45) is 0. The minimum atomic E-state index is -0.534. The zero-order chi connectivity index (χ0) is 10.3. The van der Waals surface area contributed by atoms with Crippen LogP contribution in [-0.4, -0.2) is 4.92 Å². The summed E-state index contributed by atoms with van der Waals surface area (Å²) in [5.74, 6) is 0. The Hall–Kier alpha value is -1.14. The van der Waals surface area contributed by atoms with E-state index in [9.17, 15) is 14.5 Å². The van der Waals surface area contributed by atoms with Crippen LogP contribution in [0.1, 0.15) is 0 Å². The molecule has 72 valence electrons. The van der Waals surface area contributed by atoms with Gasteiger partial charge in [-0.05, 0) is 12.1 Å². The molecular weight excluding hydrogens is 225 g/mol. The van der Waals surface area contributed by atoms with Crippen molar-refractivity contribution in [3.63, 3.8) is 0 Å². The highest BCUT2D eigenvalue weighted by molar-refractivity contribution is 7.80. The maximum Gasteiger partial charge on any atom is 0.279 e. The smallest absolute Gasteiger partial charge is 0.258 e. The topological polar surface area (TPSA) is 43.1 Å². The molecule has 1 aromatic heterocycles. The van der Waals surface area contributed by atoms with Gasteiger partial charge < -0.3 is 0 Å². The van der Waals surface area contributed by atoms with E-state index < -0.39 is 10.1 Å². The van der Waals surface area contributed by atoms with E-state index in [2.05, 4.69) is 12.6 Å². The molecule has 0 N–H and O–H groups in total. The predicted octanol–water partition coefficient (Wildman–Crippen LogP) is 3.24. The molecule has 0 saturated heterocycles. The van der Waals surface area contributed by atoms with Gasteiger partial charge in [-0.25, -0.2) is 0 Å². The average molecular weight is 229 g/mol. The molecule has 0 saturated carbocycles. The Morgan fingerprint density at radius 2 is 2.14 bits per heavy atom. The second kappa shape index (κ2) is 3.21. The number of thiophene rings is 1. The summed E-state index contributed by atoms with van der Waals surface area (Å²) in [7, 11) is 0. The molecule has 14 heavy (non-hydrogen) atoms. The van der Waals surface area contributed by atoms with Crippen LogP contribution in [0.2, 0.25) is 0 Å². The molecule has 6 heteroatoms. The molecule has 1 heterocycles. The number of nitrogens with zero attached hydrogens (tertiary/aromatic N) is 1. The Labute approximate surface area is 87.7 Å². The number of fused-ring (bicyclic) bond motifs is 1. The van der Waals surface area contributed by atoms with E-state index in [-0.39, 0.29) is 5.69 Å². The number of nitro groups is 1. The van der Waals surface area contributed by atoms with Crippen LogP contribution in [0, 0.1) is 15.2 Å². The van der Waals surface area contributed by atoms with E-state index in [0.29, 0.717) is 15.0 Å². The lowest BCUT2D eigenvalue weighted by molar-refractivity contribution is -0.383. The lowest BCUT2D eigenvalue weighted by atomic mass is 10.2. The van der Waals surface area contributed by atoms with Gasteiger partial charge in [0, 0.05) is 15.7 Å². The van der Waals surface area contributed by atoms with Crippen LogP contribution >= 0.6 is 24.0 Å². The third-order valence-corrected chi connectivity index (χ3v) is 2.90. The zero-order valence-electron chi connectivity index (χ0n) is 6.73. The first-order valence-corrected chi connectivity index (χ1v) is 4.91. The van der Waals surface area contributed by atoms with Crippen LogP contribution in [0.25, 0.3) is 10.1 Å². The van der Waals surface area contributed by atoms with Gasteiger partial charge in [-0.1, -0.05) is 0 Å². The molecule has 0 spiro atoms. The van der Waals surface area contributed by atoms with Crippen LogP contribution in [0.4, 0.5) is 10.1 Å². The number of halogens is 1. The standard InChI is InChI=1S/C8H4FNO2S2/c9-8-3-5-6(10(11)12)1-4(13)2-7(5)14-8/h1-3,13H. The minimum Gasteiger partial charge on any atom is -0.258 e. The van der Waals surface area contributed by atoms with Crippen molar-refractivity contribution in [2.75, 3.05) is 0 Å². The first-order valence-electron chi connectivity index (χ1n) is 3.64. The van der Waals surface area contributed by atoms with Crippen LogP contribution in [-0.2, 0) is 0 Å². The molecule has 0 atom stereocenters. The van der Waals surface area contributed by atoms with Crippen LogP contribution in [0.5, 0.6) is 0 Å². The first kappa shape index (κ1) is 9.42. The van der Waals surface area contributed by atoms with Gasteiger partial charge >= 0.3 is 0 Å². The number of thiol groups is 1. The molecule has 0 radical (unpaired) electrons. The average Bonchev–Trinajstić information content (AvgIpc) is 2.42. The van der Waals surface area contributed by atoms with Crippen molar-refractivity contribution in [1.82, 2.24) is 0 Å². The van der Waals surface area contributed by atoms with E-state index in [1.165, 1.54) is 12.1 Å². The summed E-state index contributed by atoms with van der Waals surface area (Å²) in [6.45, 7) is 0. The van der Waals surface area contributed by atoms with Crippen LogP contribution < -0.4 is 0 Å². The number of benzene rings is 1. The Morgan fingerprint density at radius 3 is 2.79 bits per heavy atom. The third kappa shape index (κ3) is 1.46. The fourth-order valence-electron chi connectivity index (χ4n) is 1.23. The van der Waals surface area contributed by atoms with Crippen molar-refractivity contribution in [2.45, 2.75) is 4.90 Å². The highest BCUT2D eigenvalue weighted by Crippen LogP contribution is 2.34. The highest BCUT2D eigenvalue weighted by Gasteiger charge is 2.15. The number of hydrogen-bond donors (Lipinski definition) is 1. The summed E-state index contributed by atoms with van der Waals surface area (Å²) < 4.78 is 13.4. The van der Waals surface area contributed by atoms with E-state index in [4.69, 9.17) is 0 Å². The fraction of sp³-hybridized carbons (Fsp3) is 0. The molecule has 2 aromatic rings. The summed E-state index contributed by atoms with van der Waals surface area (Å²) in [5.41, 5.74) is -0.104. The third-order valence-electron chi connectivity index (χ3n) is 1.77. The normalized spacial score (nSPS) is 10.7. The van der Waals surface area contributed by atoms with Gasteiger partial charge in [-0.2, -0.15) is 4.39 Å². The first-order chi connectivity index (χ1) is 6.58. The Bertz CT molecular complexity index is 523. The second-order valence-electron chi connectivity index (χ2n) is 2.68. The zero-order valence-corrected chi connectivity index (χ0v) is 8.44. The van der Waals surface area contributed by atoms with Crippen molar-refractivity contribution >= 4 is 39.7 Å². The molecule has 0 aliphatic rings. The van der Waals surface area contributed by atoms with Gasteiger partial charge in [0.15, 0.2) is 5.13 Å². The molecule has 0 bridgehead atoms. The largest absolute Gasteiger partial charge is 0.279 e. The molecule has 0 aliphatic heterocycles. The van der Waals surface area contributed by atoms with E-state index in [0.717, 1.165) is 11.3 Å². The van der Waals surface area contributed by atoms with Crippen LogP contribution in [0.15, 0.2) is 23.1 Å². The summed E-state index contributed by atoms with van der Waals surface area (Å²) in [6, 6.07) is 4.10. The maximum atomic E-state index is 12.9. The van der Waals surface area contributed by atoms with E-state index in [1.54, 1.807) is 6.07 Å². The Morgan fingerprint density at radius 1 is 1.43 bits per heavy atom. The summed E-state index contributed by atoms with van der Waals surface area (Å²) >= 11 is 4.89. The fourth-order valence-corrected chi connectivity index (χ4v) is 2.41. The summed E-state index contributed by atoms with van der Waals surface area (Å²) in [4.78, 5) is 10.6. The van der Waals surface area contributed by atoms with Crippen molar-refractivity contribution < 1.29 is 9.31 Å². The van der Waals surface area contributed by atoms with Gasteiger partial charge in [-0.3, -0.25) is 10.1 Å². The van der Waals surface area contributed by atoms with Crippen molar-refractivity contribution in [2.24, 2.45) is 0 Å². The Balaban J connectivity index is 2.85. The van der Waals surface area contributed by atoms with E-state index >= 15 is 0 Å². The van der Waals surface area contributed by atoms with Crippen molar-refractivity contribution in [3.8, 4) is 0 Å². The minimum absolute atomic E-state index is 0.104. The summed E-state index contributed by atoms with van der Waals surface area (Å²) in [5, 5.41) is 10.5. The number of non-ortho nitro benzene ring substituents is 1. The van der Waals surface area contributed by atoms with E-state index in [1.807, 2.05) is 0 Å². The predicted molar refractivity (Wildman–Crippen MR) is 55.7 cm³/mol. The highest BCUT2D eigenvalue weighted by atomic mass is 32.1. The van der Waals surface area contributed by atoms with Crippen molar-refractivity contribution in [3.05, 3.63) is 33.4 Å². The number of nitro benzene ring substituents is 1. The molecule has 0 unspecified atom stereocenters. The monoisotopic (exact) mass is 229 g/mol. The lowest BCUT2D eigenvalue weighted by Gasteiger charge is -1.95. The molecular formula is C8H4FNO2S2. The molecule has 2 rings (SSSR count). The van der Waals surface area contributed by atoms with Gasteiger partial charge in [0.05, 0.1) is 10.3 Å². The molecule has 0 aliphatic carbocycles. The maximum absolute atomic E-state index is 12.9. The Kier molecular flexibility index (Phi) is 2.16. The van der Waals surface area contributed by atoms with Gasteiger partial charge in [0.1, 0.15) is 0 Å². The number of hydrogen-bond acceptors (Lipinski definition) is 4.